The Morgan fingerprint density at radius 2 is 1.91 bits per heavy atom. The van der Waals surface area contributed by atoms with Gasteiger partial charge in [0.15, 0.2) is 0 Å². The van der Waals surface area contributed by atoms with Crippen LogP contribution in [0.5, 0.6) is 0 Å². The molecule has 1 rings (SSSR count). The van der Waals surface area contributed by atoms with Crippen molar-refractivity contribution in [2.24, 2.45) is 0 Å². The first-order valence-electron chi connectivity index (χ1n) is 3.58. The molecule has 0 saturated carbocycles. The molecule has 0 aliphatic carbocycles. The van der Waals surface area contributed by atoms with E-state index < -0.39 is 5.60 Å². The van der Waals surface area contributed by atoms with Crippen molar-refractivity contribution in [2.75, 3.05) is 0 Å². The van der Waals surface area contributed by atoms with E-state index in [0.29, 0.717) is 5.76 Å². The Kier molecular flexibility index (Phi) is 1.76. The number of rotatable bonds is 1. The third kappa shape index (κ3) is 1.43. The zero-order chi connectivity index (χ0) is 8.65. The topological polar surface area (TPSA) is 46.3 Å². The highest BCUT2D eigenvalue weighted by atomic mass is 16.5. The van der Waals surface area contributed by atoms with Crippen LogP contribution in [0.15, 0.2) is 4.52 Å². The molecule has 11 heavy (non-hydrogen) atoms. The third-order valence-electron chi connectivity index (χ3n) is 1.65. The molecule has 0 spiro atoms. The Bertz CT molecular complexity index is 238. The summed E-state index contributed by atoms with van der Waals surface area (Å²) in [6.07, 6.45) is 0. The molecule has 0 bridgehead atoms. The van der Waals surface area contributed by atoms with Gasteiger partial charge in [0.25, 0.3) is 0 Å². The van der Waals surface area contributed by atoms with Gasteiger partial charge >= 0.3 is 0 Å². The van der Waals surface area contributed by atoms with Crippen molar-refractivity contribution in [3.63, 3.8) is 0 Å². The Balaban J connectivity index is 3.21. The minimum atomic E-state index is -0.853. The normalized spacial score (nSPS) is 12.1. The summed E-state index contributed by atoms with van der Waals surface area (Å²) in [4.78, 5) is 0. The van der Waals surface area contributed by atoms with Crippen LogP contribution < -0.4 is 0 Å². The van der Waals surface area contributed by atoms with Gasteiger partial charge in [0.2, 0.25) is 0 Å². The quantitative estimate of drug-likeness (QED) is 0.668. The number of aliphatic hydroxyl groups is 1. The molecule has 0 unspecified atom stereocenters. The van der Waals surface area contributed by atoms with Crippen molar-refractivity contribution < 1.29 is 9.63 Å². The van der Waals surface area contributed by atoms with Crippen molar-refractivity contribution >= 4 is 0 Å². The van der Waals surface area contributed by atoms with Gasteiger partial charge in [-0.05, 0) is 27.7 Å². The van der Waals surface area contributed by atoms with Crippen LogP contribution in [0.1, 0.15) is 30.9 Å². The summed E-state index contributed by atoms with van der Waals surface area (Å²) in [5.74, 6) is 0.690. The molecule has 0 fully saturated rings. The zero-order valence-electron chi connectivity index (χ0n) is 7.30. The smallest absolute Gasteiger partial charge is 0.139 e. The van der Waals surface area contributed by atoms with Gasteiger partial charge in [-0.15, -0.1) is 0 Å². The lowest BCUT2D eigenvalue weighted by Crippen LogP contribution is -2.17. The monoisotopic (exact) mass is 155 g/mol. The van der Waals surface area contributed by atoms with Crippen molar-refractivity contribution in [1.29, 1.82) is 0 Å². The first kappa shape index (κ1) is 8.27. The van der Waals surface area contributed by atoms with Crippen molar-refractivity contribution in [1.82, 2.24) is 5.16 Å². The van der Waals surface area contributed by atoms with Crippen molar-refractivity contribution in [3.05, 3.63) is 17.0 Å². The van der Waals surface area contributed by atoms with Gasteiger partial charge in [0, 0.05) is 5.56 Å². The first-order valence-corrected chi connectivity index (χ1v) is 3.58. The number of aryl methyl sites for hydroxylation is 2. The Morgan fingerprint density at radius 3 is 2.09 bits per heavy atom. The lowest BCUT2D eigenvalue weighted by molar-refractivity contribution is 0.0764. The summed E-state index contributed by atoms with van der Waals surface area (Å²) in [7, 11) is 0. The molecule has 0 aliphatic heterocycles. The lowest BCUT2D eigenvalue weighted by atomic mass is 9.97. The Labute approximate surface area is 66.0 Å². The highest BCUT2D eigenvalue weighted by molar-refractivity contribution is 5.26. The molecule has 0 aromatic carbocycles. The number of hydrogen-bond acceptors (Lipinski definition) is 3. The highest BCUT2D eigenvalue weighted by Crippen LogP contribution is 2.25. The van der Waals surface area contributed by atoms with Crippen molar-refractivity contribution in [2.45, 2.75) is 33.3 Å². The van der Waals surface area contributed by atoms with E-state index >= 15 is 0 Å². The summed E-state index contributed by atoms with van der Waals surface area (Å²) in [6, 6.07) is 0. The van der Waals surface area contributed by atoms with Crippen LogP contribution in [0.2, 0.25) is 0 Å². The number of hydrogen-bond donors (Lipinski definition) is 1. The fourth-order valence-corrected chi connectivity index (χ4v) is 1.36. The molecule has 62 valence electrons. The van der Waals surface area contributed by atoms with Crippen LogP contribution in [0.25, 0.3) is 0 Å². The third-order valence-corrected chi connectivity index (χ3v) is 1.65. The van der Waals surface area contributed by atoms with Gasteiger partial charge < -0.3 is 9.63 Å². The van der Waals surface area contributed by atoms with E-state index in [1.807, 2.05) is 6.92 Å². The molecule has 0 atom stereocenters. The van der Waals surface area contributed by atoms with E-state index in [1.165, 1.54) is 0 Å². The van der Waals surface area contributed by atoms with Gasteiger partial charge in [-0.3, -0.25) is 0 Å². The van der Waals surface area contributed by atoms with E-state index in [-0.39, 0.29) is 0 Å². The van der Waals surface area contributed by atoms with E-state index in [4.69, 9.17) is 4.52 Å². The molecule has 3 nitrogen and oxygen atoms in total. The second-order valence-electron chi connectivity index (χ2n) is 3.26. The molecule has 1 aromatic heterocycles. The average molecular weight is 155 g/mol. The molecule has 0 aliphatic rings. The molecule has 0 saturated heterocycles. The minimum Gasteiger partial charge on any atom is -0.386 e. The first-order chi connectivity index (χ1) is 4.93. The molecular formula is C8H13NO2. The largest absolute Gasteiger partial charge is 0.386 e. The minimum absolute atomic E-state index is 0.690. The molecule has 1 aromatic rings. The second kappa shape index (κ2) is 2.34. The average Bonchev–Trinajstić information content (AvgIpc) is 2.08. The molecular weight excluding hydrogens is 142 g/mol. The van der Waals surface area contributed by atoms with Crippen LogP contribution in [-0.2, 0) is 5.60 Å². The predicted molar refractivity (Wildman–Crippen MR) is 41.2 cm³/mol. The Morgan fingerprint density at radius 1 is 1.36 bits per heavy atom. The fraction of sp³-hybridized carbons (Fsp3) is 0.625. The van der Waals surface area contributed by atoms with Gasteiger partial charge in [-0.25, -0.2) is 0 Å². The highest BCUT2D eigenvalue weighted by Gasteiger charge is 2.24. The Hall–Kier alpha value is -0.830. The maximum Gasteiger partial charge on any atom is 0.139 e. The summed E-state index contributed by atoms with van der Waals surface area (Å²) in [6.45, 7) is 7.07. The summed E-state index contributed by atoms with van der Waals surface area (Å²) in [5, 5.41) is 13.4. The van der Waals surface area contributed by atoms with Crippen LogP contribution >= 0.6 is 0 Å². The van der Waals surface area contributed by atoms with E-state index in [9.17, 15) is 5.11 Å². The molecule has 0 amide bonds. The maximum absolute atomic E-state index is 9.64. The van der Waals surface area contributed by atoms with Crippen LogP contribution in [-0.4, -0.2) is 10.3 Å². The van der Waals surface area contributed by atoms with Gasteiger partial charge in [-0.1, -0.05) is 5.16 Å². The maximum atomic E-state index is 9.64. The van der Waals surface area contributed by atoms with E-state index in [0.717, 1.165) is 11.3 Å². The van der Waals surface area contributed by atoms with Crippen LogP contribution in [0.3, 0.4) is 0 Å². The molecule has 0 radical (unpaired) electrons. The van der Waals surface area contributed by atoms with Gasteiger partial charge in [0.1, 0.15) is 5.76 Å². The standard InChI is InChI=1S/C8H13NO2/c1-5-7(8(3,4)10)6(2)11-9-5/h10H,1-4H3. The van der Waals surface area contributed by atoms with Gasteiger partial charge in [-0.2, -0.15) is 0 Å². The van der Waals surface area contributed by atoms with Gasteiger partial charge in [0.05, 0.1) is 11.3 Å². The lowest BCUT2D eigenvalue weighted by Gasteiger charge is -2.16. The molecule has 3 heteroatoms. The van der Waals surface area contributed by atoms with Crippen LogP contribution in [0, 0.1) is 13.8 Å². The summed E-state index contributed by atoms with van der Waals surface area (Å²) >= 11 is 0. The number of aromatic nitrogens is 1. The van der Waals surface area contributed by atoms with Crippen LogP contribution in [0.4, 0.5) is 0 Å². The summed E-state index contributed by atoms with van der Waals surface area (Å²) < 4.78 is 4.91. The van der Waals surface area contributed by atoms with E-state index in [1.54, 1.807) is 20.8 Å². The summed E-state index contributed by atoms with van der Waals surface area (Å²) in [5.41, 5.74) is 0.696. The predicted octanol–water partition coefficient (Wildman–Crippen LogP) is 1.52. The fourth-order valence-electron chi connectivity index (χ4n) is 1.36. The second-order valence-corrected chi connectivity index (χ2v) is 3.26. The SMILES string of the molecule is Cc1noc(C)c1C(C)(C)O. The molecule has 1 N–H and O–H groups in total. The molecule has 1 heterocycles. The number of nitrogens with zero attached hydrogens (tertiary/aromatic N) is 1. The van der Waals surface area contributed by atoms with Crippen molar-refractivity contribution in [3.8, 4) is 0 Å². The zero-order valence-corrected chi connectivity index (χ0v) is 7.30. The van der Waals surface area contributed by atoms with E-state index in [2.05, 4.69) is 5.16 Å².